The zero-order chi connectivity index (χ0) is 23.6. The fraction of sp³-hybridized carbons (Fsp3) is 0.360. The molecule has 1 saturated heterocycles. The van der Waals surface area contributed by atoms with Crippen LogP contribution in [-0.2, 0) is 12.7 Å². The topological polar surface area (TPSA) is 58.2 Å². The van der Waals surface area contributed by atoms with Gasteiger partial charge in [-0.2, -0.15) is 13.2 Å². The van der Waals surface area contributed by atoms with Crippen LogP contribution in [0.15, 0.2) is 41.2 Å². The van der Waals surface area contributed by atoms with Crippen LogP contribution in [-0.4, -0.2) is 34.6 Å². The zero-order valence-electron chi connectivity index (χ0n) is 18.2. The first-order chi connectivity index (χ1) is 15.7. The summed E-state index contributed by atoms with van der Waals surface area (Å²) < 4.78 is 45.9. The van der Waals surface area contributed by atoms with Crippen LogP contribution in [0.5, 0.6) is 5.75 Å². The van der Waals surface area contributed by atoms with Crippen LogP contribution in [0.2, 0.25) is 0 Å². The highest BCUT2D eigenvalue weighted by atomic mass is 19.4. The van der Waals surface area contributed by atoms with Crippen LogP contribution < -0.4 is 10.3 Å². The van der Waals surface area contributed by atoms with Crippen LogP contribution in [0.3, 0.4) is 0 Å². The Bertz CT molecular complexity index is 1260. The van der Waals surface area contributed by atoms with Crippen LogP contribution in [0.4, 0.5) is 13.2 Å². The maximum Gasteiger partial charge on any atom is 0.417 e. The molecular formula is C25H24F3N3O2. The van der Waals surface area contributed by atoms with Gasteiger partial charge in [-0.3, -0.25) is 14.7 Å². The highest BCUT2D eigenvalue weighted by Gasteiger charge is 2.35. The number of alkyl halides is 3. The molecule has 2 aromatic heterocycles. The van der Waals surface area contributed by atoms with Gasteiger partial charge in [-0.25, -0.2) is 0 Å². The van der Waals surface area contributed by atoms with Crippen molar-refractivity contribution in [2.45, 2.75) is 38.4 Å². The monoisotopic (exact) mass is 455 g/mol. The third-order valence-corrected chi connectivity index (χ3v) is 5.83. The lowest BCUT2D eigenvalue weighted by Gasteiger charge is -2.33. The molecule has 1 atom stereocenters. The fourth-order valence-corrected chi connectivity index (χ4v) is 4.43. The molecule has 3 aromatic rings. The lowest BCUT2D eigenvalue weighted by molar-refractivity contribution is -0.136. The zero-order valence-corrected chi connectivity index (χ0v) is 18.2. The molecule has 172 valence electrons. The van der Waals surface area contributed by atoms with E-state index in [4.69, 9.17) is 11.2 Å². The number of terminal acetylenes is 1. The second kappa shape index (κ2) is 9.28. The molecule has 1 N–H and O–H groups in total. The maximum absolute atomic E-state index is 13.5. The van der Waals surface area contributed by atoms with Gasteiger partial charge in [-0.15, -0.1) is 6.42 Å². The van der Waals surface area contributed by atoms with Crippen LogP contribution in [0, 0.1) is 19.3 Å². The number of rotatable bonds is 5. The Hall–Kier alpha value is -3.31. The summed E-state index contributed by atoms with van der Waals surface area (Å²) in [5.74, 6) is 3.15. The van der Waals surface area contributed by atoms with Crippen molar-refractivity contribution in [1.82, 2.24) is 14.9 Å². The first kappa shape index (κ1) is 22.9. The van der Waals surface area contributed by atoms with Crippen molar-refractivity contribution in [2.75, 3.05) is 19.7 Å². The van der Waals surface area contributed by atoms with Gasteiger partial charge >= 0.3 is 6.18 Å². The number of aromatic nitrogens is 2. The molecule has 1 fully saturated rings. The summed E-state index contributed by atoms with van der Waals surface area (Å²) in [5, 5.41) is -0.409. The Morgan fingerprint density at radius 2 is 2.12 bits per heavy atom. The third kappa shape index (κ3) is 5.20. The molecule has 8 heteroatoms. The van der Waals surface area contributed by atoms with Gasteiger partial charge in [0.1, 0.15) is 12.4 Å². The van der Waals surface area contributed by atoms with Gasteiger partial charge in [0, 0.05) is 30.4 Å². The van der Waals surface area contributed by atoms with Gasteiger partial charge in [-0.1, -0.05) is 18.1 Å². The molecule has 0 bridgehead atoms. The van der Waals surface area contributed by atoms with Gasteiger partial charge in [0.15, 0.2) is 0 Å². The summed E-state index contributed by atoms with van der Waals surface area (Å²) in [5.41, 5.74) is 0.298. The third-order valence-electron chi connectivity index (χ3n) is 5.83. The Kier molecular flexibility index (Phi) is 6.43. The number of aromatic amines is 1. The van der Waals surface area contributed by atoms with Crippen molar-refractivity contribution in [1.29, 1.82) is 0 Å². The highest BCUT2D eigenvalue weighted by Crippen LogP contribution is 2.34. The number of H-pyrrole nitrogens is 1. The Morgan fingerprint density at radius 3 is 2.88 bits per heavy atom. The Balaban J connectivity index is 1.58. The van der Waals surface area contributed by atoms with E-state index in [-0.39, 0.29) is 23.7 Å². The molecule has 33 heavy (non-hydrogen) atoms. The number of ether oxygens (including phenoxy) is 1. The van der Waals surface area contributed by atoms with Gasteiger partial charge < -0.3 is 9.72 Å². The highest BCUT2D eigenvalue weighted by molar-refractivity contribution is 5.82. The smallest absolute Gasteiger partial charge is 0.417 e. The molecule has 0 radical (unpaired) electrons. The number of fused-ring (bicyclic) bond motifs is 1. The number of hydrogen-bond donors (Lipinski definition) is 1. The lowest BCUT2D eigenvalue weighted by atomic mass is 9.93. The predicted molar refractivity (Wildman–Crippen MR) is 120 cm³/mol. The molecule has 3 heterocycles. The Morgan fingerprint density at radius 1 is 1.30 bits per heavy atom. The summed E-state index contributed by atoms with van der Waals surface area (Å²) in [6, 6.07) is 10.2. The van der Waals surface area contributed by atoms with Crippen LogP contribution >= 0.6 is 0 Å². The van der Waals surface area contributed by atoms with E-state index in [0.717, 1.165) is 31.0 Å². The molecule has 4 rings (SSSR count). The van der Waals surface area contributed by atoms with E-state index in [0.29, 0.717) is 24.5 Å². The largest absolute Gasteiger partial charge is 0.481 e. The van der Waals surface area contributed by atoms with Crippen molar-refractivity contribution >= 4 is 10.9 Å². The van der Waals surface area contributed by atoms with Crippen LogP contribution in [0.25, 0.3) is 10.9 Å². The molecule has 1 aliphatic rings. The summed E-state index contributed by atoms with van der Waals surface area (Å²) in [6.45, 7) is 3.96. The average molecular weight is 455 g/mol. The van der Waals surface area contributed by atoms with E-state index in [2.05, 4.69) is 20.8 Å². The Labute approximate surface area is 189 Å². The van der Waals surface area contributed by atoms with Gasteiger partial charge in [0.25, 0.3) is 5.56 Å². The standard InChI is InChI=1S/C25H24F3N3O2/c1-3-10-33-19-8-4-6-17(12-19)14-31-9-5-7-18(15-31)21-13-22-23(24(32)30-21)20(25(26,27)28)11-16(2)29-22/h1,4,6,8,11-13,18H,5,7,9-10,14-15H2,2H3,(H,30,32). The number of hydrogen-bond acceptors (Lipinski definition) is 4. The summed E-state index contributed by atoms with van der Waals surface area (Å²) >= 11 is 0. The van der Waals surface area contributed by atoms with E-state index in [1.165, 1.54) is 6.92 Å². The molecule has 0 spiro atoms. The first-order valence-electron chi connectivity index (χ1n) is 10.7. The molecule has 1 unspecified atom stereocenters. The normalized spacial score (nSPS) is 17.1. The van der Waals surface area contributed by atoms with Crippen molar-refractivity contribution in [3.05, 3.63) is 69.3 Å². The molecule has 1 aliphatic heterocycles. The molecule has 1 aromatic carbocycles. The summed E-state index contributed by atoms with van der Waals surface area (Å²) in [4.78, 5) is 21.9. The fourth-order valence-electron chi connectivity index (χ4n) is 4.43. The number of likely N-dealkylation sites (tertiary alicyclic amines) is 1. The molecular weight excluding hydrogens is 431 g/mol. The number of nitrogens with zero attached hydrogens (tertiary/aromatic N) is 2. The van der Waals surface area contributed by atoms with E-state index in [1.54, 1.807) is 6.07 Å². The van der Waals surface area contributed by atoms with Crippen molar-refractivity contribution < 1.29 is 17.9 Å². The molecule has 5 nitrogen and oxygen atoms in total. The van der Waals surface area contributed by atoms with E-state index in [1.807, 2.05) is 24.3 Å². The second-order valence-corrected chi connectivity index (χ2v) is 8.34. The minimum atomic E-state index is -4.62. The number of benzene rings is 1. The number of halogens is 3. The maximum atomic E-state index is 13.5. The second-order valence-electron chi connectivity index (χ2n) is 8.34. The van der Waals surface area contributed by atoms with Crippen LogP contribution in [0.1, 0.15) is 41.3 Å². The van der Waals surface area contributed by atoms with E-state index >= 15 is 0 Å². The van der Waals surface area contributed by atoms with Gasteiger partial charge in [-0.05, 0) is 56.1 Å². The quantitative estimate of drug-likeness (QED) is 0.570. The average Bonchev–Trinajstić information content (AvgIpc) is 2.76. The van der Waals surface area contributed by atoms with Gasteiger partial charge in [0.05, 0.1) is 16.5 Å². The minimum absolute atomic E-state index is 0.00614. The predicted octanol–water partition coefficient (Wildman–Crippen LogP) is 4.64. The number of piperidine rings is 1. The molecule has 0 saturated carbocycles. The first-order valence-corrected chi connectivity index (χ1v) is 10.7. The lowest BCUT2D eigenvalue weighted by Crippen LogP contribution is -2.34. The van der Waals surface area contributed by atoms with Gasteiger partial charge in [0.2, 0.25) is 0 Å². The van der Waals surface area contributed by atoms with Crippen molar-refractivity contribution in [3.63, 3.8) is 0 Å². The van der Waals surface area contributed by atoms with E-state index in [9.17, 15) is 18.0 Å². The number of pyridine rings is 2. The SMILES string of the molecule is C#CCOc1cccc(CN2CCCC(c3cc4nc(C)cc(C(F)(F)F)c4c(=O)[nH]3)C2)c1. The summed E-state index contributed by atoms with van der Waals surface area (Å²) in [6.07, 6.45) is 2.37. The summed E-state index contributed by atoms with van der Waals surface area (Å²) in [7, 11) is 0. The van der Waals surface area contributed by atoms with Crippen molar-refractivity contribution in [3.8, 4) is 18.1 Å². The van der Waals surface area contributed by atoms with E-state index < -0.39 is 22.7 Å². The molecule has 0 amide bonds. The minimum Gasteiger partial charge on any atom is -0.481 e. The number of nitrogens with one attached hydrogen (secondary N) is 1. The van der Waals surface area contributed by atoms with Crippen molar-refractivity contribution in [2.24, 2.45) is 0 Å². The molecule has 0 aliphatic carbocycles. The number of aryl methyl sites for hydroxylation is 1.